The molecule has 3 N–H and O–H groups in total. The van der Waals surface area contributed by atoms with E-state index in [1.165, 1.54) is 11.1 Å². The molecule has 6 heteroatoms. The first kappa shape index (κ1) is 16.8. The molecule has 5 nitrogen and oxygen atoms in total. The molecule has 0 saturated carbocycles. The van der Waals surface area contributed by atoms with Crippen molar-refractivity contribution in [3.05, 3.63) is 34.3 Å². The number of hydrogen-bond donors (Lipinski definition) is 3. The Hall–Kier alpha value is -1.59. The Balaban J connectivity index is 0.000000172. The second-order valence-corrected chi connectivity index (χ2v) is 6.13. The van der Waals surface area contributed by atoms with Crippen LogP contribution in [0.4, 0.5) is 0 Å². The molecule has 1 unspecified atom stereocenters. The molecule has 1 amide bonds. The summed E-state index contributed by atoms with van der Waals surface area (Å²) in [6.07, 6.45) is 1.89. The lowest BCUT2D eigenvalue weighted by Crippen LogP contribution is -2.32. The van der Waals surface area contributed by atoms with Crippen molar-refractivity contribution in [1.29, 1.82) is 0 Å². The molecule has 22 heavy (non-hydrogen) atoms. The summed E-state index contributed by atoms with van der Waals surface area (Å²) >= 11 is 5.97. The maximum absolute atomic E-state index is 10.4. The first-order chi connectivity index (χ1) is 10.5. The zero-order valence-electron chi connectivity index (χ0n) is 12.6. The lowest BCUT2D eigenvalue weighted by molar-refractivity contribution is -0.140. The normalized spacial score (nSPS) is 23.6. The molecule has 2 aliphatic rings. The minimum Gasteiger partial charge on any atom is -0.480 e. The van der Waals surface area contributed by atoms with E-state index in [1.807, 2.05) is 6.07 Å². The minimum absolute atomic E-state index is 0.164. The standard InChI is InChI=1S/C11H14ClN.C5H7NO3/c1-8-7-13-5-4-9-2-3-10(12)6-11(8)9;7-4-2-1-3(6-4)5(8)9/h2-3,6,8,13H,4-5,7H2,1H3;3H,1-2H2,(H,6,7)(H,8,9)/t8-;/m0./s1. The number of carboxylic acid groups (broad SMARTS) is 1. The molecule has 1 aromatic rings. The quantitative estimate of drug-likeness (QED) is 0.737. The fraction of sp³-hybridized carbons (Fsp3) is 0.500. The Morgan fingerprint density at radius 1 is 1.36 bits per heavy atom. The zero-order chi connectivity index (χ0) is 16.1. The number of carboxylic acids is 1. The SMILES string of the molecule is C[C@H]1CNCCc2ccc(Cl)cc21.O=C1CCC(C(=O)O)N1. The van der Waals surface area contributed by atoms with Crippen LogP contribution in [-0.4, -0.2) is 36.1 Å². The Kier molecular flexibility index (Phi) is 5.80. The summed E-state index contributed by atoms with van der Waals surface area (Å²) in [5, 5.41) is 14.9. The molecule has 0 aliphatic carbocycles. The van der Waals surface area contributed by atoms with Crippen LogP contribution in [0.25, 0.3) is 0 Å². The van der Waals surface area contributed by atoms with Gasteiger partial charge in [0.1, 0.15) is 6.04 Å². The van der Waals surface area contributed by atoms with Gasteiger partial charge in [-0.15, -0.1) is 0 Å². The third-order valence-electron chi connectivity index (χ3n) is 3.95. The van der Waals surface area contributed by atoms with E-state index in [0.717, 1.165) is 24.5 Å². The highest BCUT2D eigenvalue weighted by molar-refractivity contribution is 6.30. The number of benzene rings is 1. The maximum atomic E-state index is 10.4. The summed E-state index contributed by atoms with van der Waals surface area (Å²) in [5.74, 6) is -0.528. The van der Waals surface area contributed by atoms with Gasteiger partial charge in [-0.1, -0.05) is 24.6 Å². The first-order valence-electron chi connectivity index (χ1n) is 7.48. The van der Waals surface area contributed by atoms with Gasteiger partial charge in [0.05, 0.1) is 0 Å². The number of hydrogen-bond acceptors (Lipinski definition) is 3. The van der Waals surface area contributed by atoms with Crippen LogP contribution in [0.2, 0.25) is 5.02 Å². The van der Waals surface area contributed by atoms with Crippen LogP contribution in [0, 0.1) is 0 Å². The number of amides is 1. The number of carbonyl (C=O) groups is 2. The van der Waals surface area contributed by atoms with Crippen molar-refractivity contribution in [1.82, 2.24) is 10.6 Å². The average molecular weight is 325 g/mol. The molecule has 2 aliphatic heterocycles. The number of rotatable bonds is 1. The molecule has 2 heterocycles. The molecule has 0 aromatic heterocycles. The summed E-state index contributed by atoms with van der Waals surface area (Å²) in [4.78, 5) is 20.5. The molecule has 120 valence electrons. The zero-order valence-corrected chi connectivity index (χ0v) is 13.3. The second kappa shape index (κ2) is 7.61. The molecule has 2 atom stereocenters. The molecule has 0 bridgehead atoms. The van der Waals surface area contributed by atoms with E-state index in [0.29, 0.717) is 18.8 Å². The van der Waals surface area contributed by atoms with Crippen LogP contribution >= 0.6 is 11.6 Å². The molecule has 0 spiro atoms. The summed E-state index contributed by atoms with van der Waals surface area (Å²) in [5.41, 5.74) is 2.86. The fourth-order valence-electron chi connectivity index (χ4n) is 2.70. The summed E-state index contributed by atoms with van der Waals surface area (Å²) in [6, 6.07) is 5.60. The lowest BCUT2D eigenvalue weighted by atomic mass is 9.96. The largest absolute Gasteiger partial charge is 0.480 e. The van der Waals surface area contributed by atoms with Crippen molar-refractivity contribution in [2.24, 2.45) is 0 Å². The van der Waals surface area contributed by atoms with Crippen molar-refractivity contribution in [3.63, 3.8) is 0 Å². The van der Waals surface area contributed by atoms with Crippen molar-refractivity contribution in [2.75, 3.05) is 13.1 Å². The highest BCUT2D eigenvalue weighted by Crippen LogP contribution is 2.25. The molecular weight excluding hydrogens is 304 g/mol. The van der Waals surface area contributed by atoms with Crippen molar-refractivity contribution < 1.29 is 14.7 Å². The van der Waals surface area contributed by atoms with Gasteiger partial charge in [-0.05, 0) is 48.6 Å². The van der Waals surface area contributed by atoms with Crippen LogP contribution < -0.4 is 10.6 Å². The molecule has 0 radical (unpaired) electrons. The lowest BCUT2D eigenvalue weighted by Gasteiger charge is -2.11. The van der Waals surface area contributed by atoms with E-state index in [-0.39, 0.29) is 5.91 Å². The summed E-state index contributed by atoms with van der Waals surface area (Å²) in [6.45, 7) is 4.39. The number of carbonyl (C=O) groups excluding carboxylic acids is 1. The van der Waals surface area contributed by atoms with E-state index < -0.39 is 12.0 Å². The van der Waals surface area contributed by atoms with Gasteiger partial charge >= 0.3 is 5.97 Å². The Labute approximate surface area is 135 Å². The van der Waals surface area contributed by atoms with Crippen LogP contribution in [0.15, 0.2) is 18.2 Å². The van der Waals surface area contributed by atoms with Gasteiger partial charge in [0.15, 0.2) is 0 Å². The number of nitrogens with one attached hydrogen (secondary N) is 2. The van der Waals surface area contributed by atoms with Crippen LogP contribution in [0.5, 0.6) is 0 Å². The van der Waals surface area contributed by atoms with E-state index in [1.54, 1.807) is 0 Å². The monoisotopic (exact) mass is 324 g/mol. The molecule has 1 fully saturated rings. The van der Waals surface area contributed by atoms with E-state index in [9.17, 15) is 9.59 Å². The minimum atomic E-state index is -0.944. The number of fused-ring (bicyclic) bond motifs is 1. The van der Waals surface area contributed by atoms with Gasteiger partial charge in [0.2, 0.25) is 5.91 Å². The van der Waals surface area contributed by atoms with Gasteiger partial charge in [0, 0.05) is 18.0 Å². The fourth-order valence-corrected chi connectivity index (χ4v) is 2.88. The first-order valence-corrected chi connectivity index (χ1v) is 7.86. The molecule has 1 saturated heterocycles. The van der Waals surface area contributed by atoms with Gasteiger partial charge in [-0.25, -0.2) is 4.79 Å². The van der Waals surface area contributed by atoms with Crippen molar-refractivity contribution in [3.8, 4) is 0 Å². The maximum Gasteiger partial charge on any atom is 0.326 e. The van der Waals surface area contributed by atoms with E-state index in [2.05, 4.69) is 29.7 Å². The van der Waals surface area contributed by atoms with Gasteiger partial charge in [-0.2, -0.15) is 0 Å². The van der Waals surface area contributed by atoms with Crippen LogP contribution in [-0.2, 0) is 16.0 Å². The molecular formula is C16H21ClN2O3. The topological polar surface area (TPSA) is 78.4 Å². The van der Waals surface area contributed by atoms with Crippen molar-refractivity contribution >= 4 is 23.5 Å². The number of halogens is 1. The average Bonchev–Trinajstić information content (AvgIpc) is 2.84. The van der Waals surface area contributed by atoms with E-state index >= 15 is 0 Å². The predicted molar refractivity (Wildman–Crippen MR) is 85.2 cm³/mol. The summed E-state index contributed by atoms with van der Waals surface area (Å²) < 4.78 is 0. The molecule has 1 aromatic carbocycles. The Morgan fingerprint density at radius 2 is 2.14 bits per heavy atom. The Bertz CT molecular complexity index is 562. The van der Waals surface area contributed by atoms with Crippen LogP contribution in [0.3, 0.4) is 0 Å². The van der Waals surface area contributed by atoms with Gasteiger partial charge < -0.3 is 15.7 Å². The number of aliphatic carboxylic acids is 1. The Morgan fingerprint density at radius 3 is 2.73 bits per heavy atom. The highest BCUT2D eigenvalue weighted by Gasteiger charge is 2.26. The second-order valence-electron chi connectivity index (χ2n) is 5.70. The van der Waals surface area contributed by atoms with Crippen molar-refractivity contribution in [2.45, 2.75) is 38.1 Å². The summed E-state index contributed by atoms with van der Waals surface area (Å²) in [7, 11) is 0. The third kappa shape index (κ3) is 4.45. The smallest absolute Gasteiger partial charge is 0.326 e. The van der Waals surface area contributed by atoms with Gasteiger partial charge in [0.25, 0.3) is 0 Å². The third-order valence-corrected chi connectivity index (χ3v) is 4.19. The molecule has 3 rings (SSSR count). The predicted octanol–water partition coefficient (Wildman–Crippen LogP) is 1.94. The highest BCUT2D eigenvalue weighted by atomic mass is 35.5. The van der Waals surface area contributed by atoms with Crippen LogP contribution in [0.1, 0.15) is 36.8 Å². The van der Waals surface area contributed by atoms with E-state index in [4.69, 9.17) is 16.7 Å². The van der Waals surface area contributed by atoms with Gasteiger partial charge in [-0.3, -0.25) is 4.79 Å².